The highest BCUT2D eigenvalue weighted by Gasteiger charge is 2.32. The third-order valence-corrected chi connectivity index (χ3v) is 9.06. The molecule has 5 rings (SSSR count). The van der Waals surface area contributed by atoms with Crippen LogP contribution in [0.25, 0.3) is 10.8 Å². The average Bonchev–Trinajstić information content (AvgIpc) is 3.47. The van der Waals surface area contributed by atoms with Crippen LogP contribution in [0.15, 0.2) is 35.7 Å². The molecule has 34 heavy (non-hydrogen) atoms. The molecule has 2 aliphatic rings. The van der Waals surface area contributed by atoms with Crippen LogP contribution in [0.5, 0.6) is 0 Å². The number of aromatic nitrogens is 2. The van der Waals surface area contributed by atoms with Gasteiger partial charge in [-0.2, -0.15) is 12.7 Å². The van der Waals surface area contributed by atoms with Crippen molar-refractivity contribution in [1.29, 1.82) is 0 Å². The predicted octanol–water partition coefficient (Wildman–Crippen LogP) is 0.777. The molecule has 1 amide bonds. The normalized spacial score (nSPS) is 20.0. The number of benzene rings is 1. The van der Waals surface area contributed by atoms with E-state index in [1.54, 1.807) is 23.1 Å². The van der Waals surface area contributed by atoms with Gasteiger partial charge in [-0.15, -0.1) is 11.3 Å². The van der Waals surface area contributed by atoms with E-state index in [4.69, 9.17) is 10.9 Å². The maximum atomic E-state index is 13.2. The van der Waals surface area contributed by atoms with Crippen molar-refractivity contribution < 1.29 is 18.4 Å². The maximum absolute atomic E-state index is 13.2. The third-order valence-electron chi connectivity index (χ3n) is 6.21. The number of amides is 1. The van der Waals surface area contributed by atoms with Gasteiger partial charge in [-0.05, 0) is 13.0 Å². The Morgan fingerprint density at radius 3 is 2.71 bits per heavy atom. The molecule has 4 heterocycles. The monoisotopic (exact) mass is 503 g/mol. The van der Waals surface area contributed by atoms with Gasteiger partial charge in [0.25, 0.3) is 5.91 Å². The number of carbonyl (C=O) groups excluding carboxylic acids is 1. The summed E-state index contributed by atoms with van der Waals surface area (Å²) in [5.41, 5.74) is 7.11. The van der Waals surface area contributed by atoms with Crippen LogP contribution in [0.2, 0.25) is 0 Å². The molecule has 4 N–H and O–H groups in total. The third kappa shape index (κ3) is 4.04. The Morgan fingerprint density at radius 1 is 1.24 bits per heavy atom. The van der Waals surface area contributed by atoms with Gasteiger partial charge in [0.2, 0.25) is 0 Å². The van der Waals surface area contributed by atoms with Crippen LogP contribution in [0, 0.1) is 0 Å². The maximum Gasteiger partial charge on any atom is 0.307 e. The zero-order valence-electron chi connectivity index (χ0n) is 18.5. The Kier molecular flexibility index (Phi) is 5.80. The fourth-order valence-corrected chi connectivity index (χ4v) is 6.65. The highest BCUT2D eigenvalue weighted by molar-refractivity contribution is 7.87. The largest absolute Gasteiger partial charge is 0.409 e. The highest BCUT2D eigenvalue weighted by atomic mass is 32.2. The van der Waals surface area contributed by atoms with Crippen molar-refractivity contribution in [1.82, 2.24) is 23.5 Å². The summed E-state index contributed by atoms with van der Waals surface area (Å²) in [6.45, 7) is 3.80. The molecule has 0 spiro atoms. The lowest BCUT2D eigenvalue weighted by Gasteiger charge is -2.33. The van der Waals surface area contributed by atoms with Crippen molar-refractivity contribution in [3.8, 4) is 0 Å². The fraction of sp³-hybridized carbons (Fsp3) is 0.381. The van der Waals surface area contributed by atoms with Gasteiger partial charge in [-0.25, -0.2) is 8.96 Å². The van der Waals surface area contributed by atoms with Gasteiger partial charge in [-0.1, -0.05) is 17.3 Å². The molecule has 1 atom stereocenters. The number of carbonyl (C=O) groups is 1. The minimum Gasteiger partial charge on any atom is -0.409 e. The Bertz CT molecular complexity index is 1390. The lowest BCUT2D eigenvalue weighted by atomic mass is 10.1. The fourth-order valence-electron chi connectivity index (χ4n) is 4.26. The summed E-state index contributed by atoms with van der Waals surface area (Å²) in [5.74, 6) is -0.198. The highest BCUT2D eigenvalue weighted by Crippen LogP contribution is 2.25. The Hall–Kier alpha value is -3.00. The first kappa shape index (κ1) is 22.8. The quantitative estimate of drug-likeness (QED) is 0.206. The lowest BCUT2D eigenvalue weighted by molar-refractivity contribution is 0.0696. The summed E-state index contributed by atoms with van der Waals surface area (Å²) in [5, 5.41) is 17.1. The van der Waals surface area contributed by atoms with Crippen LogP contribution >= 0.6 is 11.3 Å². The van der Waals surface area contributed by atoms with Crippen LogP contribution < -0.4 is 11.1 Å². The summed E-state index contributed by atoms with van der Waals surface area (Å²) in [6, 6.07) is 5.38. The molecule has 1 saturated heterocycles. The molecule has 0 aliphatic carbocycles. The molecule has 180 valence electrons. The van der Waals surface area contributed by atoms with Crippen molar-refractivity contribution >= 4 is 44.1 Å². The van der Waals surface area contributed by atoms with Crippen molar-refractivity contribution in [3.05, 3.63) is 51.7 Å². The van der Waals surface area contributed by atoms with E-state index in [0.29, 0.717) is 40.5 Å². The van der Waals surface area contributed by atoms with E-state index in [0.717, 1.165) is 23.5 Å². The molecule has 1 unspecified atom stereocenters. The van der Waals surface area contributed by atoms with Gasteiger partial charge in [-0.3, -0.25) is 4.79 Å². The molecule has 1 fully saturated rings. The molecular formula is C21H25N7O4S2. The first-order valence-electron chi connectivity index (χ1n) is 10.9. The van der Waals surface area contributed by atoms with Crippen LogP contribution in [-0.4, -0.2) is 75.8 Å². The van der Waals surface area contributed by atoms with E-state index in [-0.39, 0.29) is 24.8 Å². The first-order chi connectivity index (χ1) is 16.3. The number of oxime groups is 1. The van der Waals surface area contributed by atoms with Crippen LogP contribution in [0.3, 0.4) is 0 Å². The number of nitrogens with zero attached hydrogens (tertiary/aromatic N) is 5. The second kappa shape index (κ2) is 8.65. The summed E-state index contributed by atoms with van der Waals surface area (Å²) < 4.78 is 29.0. The number of fused-ring (bicyclic) bond motifs is 2. The number of rotatable bonds is 4. The molecule has 2 aliphatic heterocycles. The summed E-state index contributed by atoms with van der Waals surface area (Å²) >= 11 is 1.42. The lowest BCUT2D eigenvalue weighted by Crippen LogP contribution is -2.51. The Morgan fingerprint density at radius 2 is 1.97 bits per heavy atom. The first-order valence-corrected chi connectivity index (χ1v) is 13.1. The summed E-state index contributed by atoms with van der Waals surface area (Å²) in [6.07, 6.45) is 3.84. The van der Waals surface area contributed by atoms with E-state index in [9.17, 15) is 13.2 Å². The van der Waals surface area contributed by atoms with E-state index >= 15 is 0 Å². The summed E-state index contributed by atoms with van der Waals surface area (Å²) in [4.78, 5) is 20.3. The Labute approximate surface area is 200 Å². The number of thiazole rings is 1. The number of nitrogens with one attached hydrogen (secondary N) is 1. The second-order valence-electron chi connectivity index (χ2n) is 8.49. The zero-order chi connectivity index (χ0) is 24.0. The predicted molar refractivity (Wildman–Crippen MR) is 128 cm³/mol. The molecule has 2 aromatic heterocycles. The Balaban J connectivity index is 1.29. The van der Waals surface area contributed by atoms with Gasteiger partial charge in [0.1, 0.15) is 0 Å². The summed E-state index contributed by atoms with van der Waals surface area (Å²) in [7, 11) is -3.80. The number of hydrogen-bond acceptors (Lipinski definition) is 8. The van der Waals surface area contributed by atoms with Crippen molar-refractivity contribution in [2.45, 2.75) is 25.9 Å². The van der Waals surface area contributed by atoms with Crippen molar-refractivity contribution in [3.63, 3.8) is 0 Å². The number of amidine groups is 1. The number of piperazine rings is 1. The van der Waals surface area contributed by atoms with Gasteiger partial charge < -0.3 is 21.2 Å². The van der Waals surface area contributed by atoms with Gasteiger partial charge in [0.15, 0.2) is 10.8 Å². The van der Waals surface area contributed by atoms with Gasteiger partial charge >= 0.3 is 10.2 Å². The standard InChI is InChI=1S/C21H25N7O4S2/c1-13-8-17-18(10-23-13)33-20(24-17)21(29)26-4-6-27(7-5-26)34(31,32)28-11-15-3-2-14(19(22)25-30)9-16(15)12-28/h2-3,9,11-13,23,30H,4-8,10H2,1H3,(H2,22,25). The molecule has 0 radical (unpaired) electrons. The molecular weight excluding hydrogens is 478 g/mol. The SMILES string of the molecule is CC1Cc2nc(C(=O)N3CCN(S(=O)(=O)n4cc5ccc(/C(N)=N\O)cc5c4)CC3)sc2CN1. The molecule has 0 saturated carbocycles. The van der Waals surface area contributed by atoms with Gasteiger partial charge in [0, 0.05) is 78.8 Å². The minimum absolute atomic E-state index is 0.0508. The van der Waals surface area contributed by atoms with Crippen LogP contribution in [0.1, 0.15) is 32.9 Å². The van der Waals surface area contributed by atoms with Crippen LogP contribution in [0.4, 0.5) is 0 Å². The number of nitrogens with two attached hydrogens (primary N) is 1. The molecule has 13 heteroatoms. The minimum atomic E-state index is -3.80. The van der Waals surface area contributed by atoms with Crippen molar-refractivity contribution in [2.75, 3.05) is 26.2 Å². The topological polar surface area (TPSA) is 146 Å². The molecule has 3 aromatic rings. The zero-order valence-corrected chi connectivity index (χ0v) is 20.1. The van der Waals surface area contributed by atoms with Crippen molar-refractivity contribution in [2.24, 2.45) is 10.9 Å². The average molecular weight is 504 g/mol. The van der Waals surface area contributed by atoms with E-state index in [1.807, 2.05) is 0 Å². The number of hydrogen-bond donors (Lipinski definition) is 3. The van der Waals surface area contributed by atoms with Gasteiger partial charge in [0.05, 0.1) is 5.69 Å². The van der Waals surface area contributed by atoms with E-state index < -0.39 is 10.2 Å². The second-order valence-corrected chi connectivity index (χ2v) is 11.4. The molecule has 1 aromatic carbocycles. The molecule has 0 bridgehead atoms. The smallest absolute Gasteiger partial charge is 0.307 e. The van der Waals surface area contributed by atoms with E-state index in [1.165, 1.54) is 32.0 Å². The molecule has 11 nitrogen and oxygen atoms in total. The van der Waals surface area contributed by atoms with E-state index in [2.05, 4.69) is 22.4 Å². The van der Waals surface area contributed by atoms with Crippen LogP contribution in [-0.2, 0) is 23.2 Å².